The van der Waals surface area contributed by atoms with E-state index in [4.69, 9.17) is 16.3 Å². The molecule has 0 amide bonds. The van der Waals surface area contributed by atoms with E-state index in [9.17, 15) is 5.11 Å². The van der Waals surface area contributed by atoms with Crippen LogP contribution in [0.3, 0.4) is 0 Å². The topological polar surface area (TPSA) is 29.5 Å². The van der Waals surface area contributed by atoms with Crippen LogP contribution in [0.2, 0.25) is 5.02 Å². The third kappa shape index (κ3) is 2.91. The average Bonchev–Trinajstić information content (AvgIpc) is 2.89. The Morgan fingerprint density at radius 2 is 1.95 bits per heavy atom. The summed E-state index contributed by atoms with van der Waals surface area (Å²) in [5, 5.41) is 11.1. The summed E-state index contributed by atoms with van der Waals surface area (Å²) in [6, 6.07) is 11.7. The molecular weight excluding hydrogens is 340 g/mol. The van der Waals surface area contributed by atoms with Crippen LogP contribution in [0.1, 0.15) is 28.4 Å². The zero-order chi connectivity index (χ0) is 14.1. The number of hydrogen-bond acceptors (Lipinski definition) is 2. The van der Waals surface area contributed by atoms with Crippen LogP contribution in [0.5, 0.6) is 0 Å². The van der Waals surface area contributed by atoms with E-state index >= 15 is 0 Å². The summed E-state index contributed by atoms with van der Waals surface area (Å²) in [6.07, 6.45) is -0.0502. The lowest BCUT2D eigenvalue weighted by Gasteiger charge is -2.13. The van der Waals surface area contributed by atoms with E-state index in [-0.39, 0.29) is 0 Å². The summed E-state index contributed by atoms with van der Waals surface area (Å²) in [4.78, 5) is 0. The van der Waals surface area contributed by atoms with Crippen LogP contribution >= 0.6 is 27.5 Å². The normalized spacial score (nSPS) is 15.2. The molecule has 0 spiro atoms. The number of aliphatic hydroxyl groups is 1. The third-order valence-electron chi connectivity index (χ3n) is 3.56. The fourth-order valence-corrected chi connectivity index (χ4v) is 3.16. The maximum atomic E-state index is 10.4. The summed E-state index contributed by atoms with van der Waals surface area (Å²) in [5.41, 5.74) is 4.23. The van der Waals surface area contributed by atoms with Gasteiger partial charge in [0.05, 0.1) is 19.3 Å². The van der Waals surface area contributed by atoms with E-state index in [0.717, 1.165) is 15.6 Å². The van der Waals surface area contributed by atoms with E-state index in [2.05, 4.69) is 15.9 Å². The first-order valence-corrected chi connectivity index (χ1v) is 7.62. The molecule has 1 heterocycles. The third-order valence-corrected chi connectivity index (χ3v) is 4.40. The molecule has 3 rings (SSSR count). The highest BCUT2D eigenvalue weighted by molar-refractivity contribution is 9.10. The monoisotopic (exact) mass is 352 g/mol. The molecule has 2 nitrogen and oxygen atoms in total. The molecule has 1 N–H and O–H groups in total. The van der Waals surface area contributed by atoms with Crippen LogP contribution in [-0.2, 0) is 24.4 Å². The maximum absolute atomic E-state index is 10.4. The molecule has 0 aromatic heterocycles. The van der Waals surface area contributed by atoms with Crippen LogP contribution < -0.4 is 0 Å². The number of aliphatic hydroxyl groups excluding tert-OH is 1. The van der Waals surface area contributed by atoms with Crippen molar-refractivity contribution >= 4 is 27.5 Å². The Balaban J connectivity index is 1.80. The van der Waals surface area contributed by atoms with Gasteiger partial charge in [-0.15, -0.1) is 0 Å². The lowest BCUT2D eigenvalue weighted by molar-refractivity contribution is 0.134. The van der Waals surface area contributed by atoms with Gasteiger partial charge < -0.3 is 9.84 Å². The van der Waals surface area contributed by atoms with E-state index in [0.29, 0.717) is 24.7 Å². The number of hydrogen-bond donors (Lipinski definition) is 1. The first-order valence-electron chi connectivity index (χ1n) is 6.45. The Labute approximate surface area is 131 Å². The summed E-state index contributed by atoms with van der Waals surface area (Å²) in [5.74, 6) is 0. The minimum absolute atomic E-state index is 0.506. The number of rotatable bonds is 3. The van der Waals surface area contributed by atoms with Crippen molar-refractivity contribution in [3.05, 3.63) is 68.1 Å². The fraction of sp³-hybridized carbons (Fsp3) is 0.250. The van der Waals surface area contributed by atoms with Gasteiger partial charge in [-0.05, 0) is 34.4 Å². The van der Waals surface area contributed by atoms with Gasteiger partial charge in [-0.1, -0.05) is 51.8 Å². The molecular formula is C16H14BrClO2. The van der Waals surface area contributed by atoms with Crippen LogP contribution in [0.15, 0.2) is 40.9 Å². The molecule has 4 heteroatoms. The summed E-state index contributed by atoms with van der Waals surface area (Å²) in [6.45, 7) is 1.30. The van der Waals surface area contributed by atoms with Gasteiger partial charge in [-0.25, -0.2) is 0 Å². The smallest absolute Gasteiger partial charge is 0.0831 e. The van der Waals surface area contributed by atoms with Gasteiger partial charge in [-0.2, -0.15) is 0 Å². The first-order chi connectivity index (χ1) is 9.63. The summed E-state index contributed by atoms with van der Waals surface area (Å²) in [7, 11) is 0. The van der Waals surface area contributed by atoms with Crippen molar-refractivity contribution in [2.45, 2.75) is 25.7 Å². The molecule has 1 aliphatic heterocycles. The molecule has 0 aliphatic carbocycles. The van der Waals surface area contributed by atoms with Crippen molar-refractivity contribution < 1.29 is 9.84 Å². The summed E-state index contributed by atoms with van der Waals surface area (Å²) >= 11 is 9.57. The van der Waals surface area contributed by atoms with Gasteiger partial charge in [0.15, 0.2) is 0 Å². The minimum atomic E-state index is -0.556. The molecule has 20 heavy (non-hydrogen) atoms. The number of fused-ring (bicyclic) bond motifs is 1. The predicted octanol–water partition coefficient (Wildman–Crippen LogP) is 4.41. The number of ether oxygens (including phenoxy) is 1. The number of benzene rings is 2. The van der Waals surface area contributed by atoms with Crippen molar-refractivity contribution in [2.75, 3.05) is 0 Å². The highest BCUT2D eigenvalue weighted by Gasteiger charge is 2.16. The second-order valence-electron chi connectivity index (χ2n) is 4.98. The van der Waals surface area contributed by atoms with Crippen LogP contribution in [0, 0.1) is 0 Å². The van der Waals surface area contributed by atoms with Gasteiger partial charge in [0, 0.05) is 15.9 Å². The SMILES string of the molecule is OC(Cc1ccc(Br)cc1Cl)c1ccc2c(c1)COC2. The summed E-state index contributed by atoms with van der Waals surface area (Å²) < 4.78 is 6.33. The van der Waals surface area contributed by atoms with Gasteiger partial charge >= 0.3 is 0 Å². The lowest BCUT2D eigenvalue weighted by Crippen LogP contribution is -2.03. The number of halogens is 2. The molecule has 0 radical (unpaired) electrons. The van der Waals surface area contributed by atoms with E-state index < -0.39 is 6.10 Å². The van der Waals surface area contributed by atoms with Gasteiger partial charge in [0.25, 0.3) is 0 Å². The molecule has 1 atom stereocenters. The molecule has 0 fully saturated rings. The highest BCUT2D eigenvalue weighted by atomic mass is 79.9. The Kier molecular flexibility index (Phi) is 4.13. The first kappa shape index (κ1) is 14.1. The molecule has 2 aromatic carbocycles. The Morgan fingerprint density at radius 3 is 2.75 bits per heavy atom. The van der Waals surface area contributed by atoms with Crippen molar-refractivity contribution in [3.8, 4) is 0 Å². The second-order valence-corrected chi connectivity index (χ2v) is 6.30. The van der Waals surface area contributed by atoms with Crippen molar-refractivity contribution in [2.24, 2.45) is 0 Å². The van der Waals surface area contributed by atoms with Crippen LogP contribution in [-0.4, -0.2) is 5.11 Å². The highest BCUT2D eigenvalue weighted by Crippen LogP contribution is 2.28. The Bertz CT molecular complexity index is 642. The largest absolute Gasteiger partial charge is 0.388 e. The van der Waals surface area contributed by atoms with E-state index in [1.807, 2.05) is 36.4 Å². The molecule has 1 aliphatic rings. The lowest BCUT2D eigenvalue weighted by atomic mass is 9.98. The molecule has 0 bridgehead atoms. The van der Waals surface area contributed by atoms with Gasteiger partial charge in [0.1, 0.15) is 0 Å². The van der Waals surface area contributed by atoms with E-state index in [1.165, 1.54) is 11.1 Å². The van der Waals surface area contributed by atoms with Gasteiger partial charge in [-0.3, -0.25) is 0 Å². The molecule has 2 aromatic rings. The van der Waals surface area contributed by atoms with Crippen molar-refractivity contribution in [3.63, 3.8) is 0 Å². The predicted molar refractivity (Wildman–Crippen MR) is 82.8 cm³/mol. The standard InChI is InChI=1S/C16H14BrClO2/c17-14-4-3-10(15(18)7-14)6-16(19)11-1-2-12-8-20-9-13(12)5-11/h1-5,7,16,19H,6,8-9H2. The minimum Gasteiger partial charge on any atom is -0.388 e. The average molecular weight is 354 g/mol. The van der Waals surface area contributed by atoms with Crippen LogP contribution in [0.4, 0.5) is 0 Å². The Hall–Kier alpha value is -0.870. The Morgan fingerprint density at radius 1 is 1.15 bits per heavy atom. The van der Waals surface area contributed by atoms with Crippen molar-refractivity contribution in [1.82, 2.24) is 0 Å². The fourth-order valence-electron chi connectivity index (χ4n) is 2.41. The maximum Gasteiger partial charge on any atom is 0.0831 e. The van der Waals surface area contributed by atoms with Crippen LogP contribution in [0.25, 0.3) is 0 Å². The zero-order valence-electron chi connectivity index (χ0n) is 10.8. The van der Waals surface area contributed by atoms with Gasteiger partial charge in [0.2, 0.25) is 0 Å². The zero-order valence-corrected chi connectivity index (χ0v) is 13.1. The molecule has 1 unspecified atom stereocenters. The molecule has 104 valence electrons. The quantitative estimate of drug-likeness (QED) is 0.885. The second kappa shape index (κ2) is 5.86. The molecule has 0 saturated carbocycles. The molecule has 0 saturated heterocycles. The van der Waals surface area contributed by atoms with Crippen molar-refractivity contribution in [1.29, 1.82) is 0 Å². The van der Waals surface area contributed by atoms with E-state index in [1.54, 1.807) is 0 Å².